The maximum absolute atomic E-state index is 5.17. The SMILES string of the molecule is CC1=c2ncoc2=C(C)NN1. The molecule has 0 saturated carbocycles. The van der Waals surface area contributed by atoms with Crippen LogP contribution in [-0.4, -0.2) is 4.98 Å². The van der Waals surface area contributed by atoms with Crippen molar-refractivity contribution >= 4 is 11.4 Å². The predicted octanol–water partition coefficient (Wildman–Crippen LogP) is -0.961. The van der Waals surface area contributed by atoms with Gasteiger partial charge in [0, 0.05) is 0 Å². The molecule has 0 spiro atoms. The smallest absolute Gasteiger partial charge is 0.182 e. The van der Waals surface area contributed by atoms with Gasteiger partial charge in [0.1, 0.15) is 5.35 Å². The largest absolute Gasteiger partial charge is 0.442 e. The Labute approximate surface area is 63.6 Å². The summed E-state index contributed by atoms with van der Waals surface area (Å²) in [5.74, 6) is 0. The van der Waals surface area contributed by atoms with E-state index in [2.05, 4.69) is 15.8 Å². The van der Waals surface area contributed by atoms with E-state index in [1.165, 1.54) is 6.39 Å². The monoisotopic (exact) mass is 151 g/mol. The molecule has 0 fully saturated rings. The van der Waals surface area contributed by atoms with Crippen LogP contribution in [0.2, 0.25) is 0 Å². The second-order valence-electron chi connectivity index (χ2n) is 2.53. The molecule has 0 atom stereocenters. The molecule has 4 heteroatoms. The molecule has 0 bridgehead atoms. The summed E-state index contributed by atoms with van der Waals surface area (Å²) in [6, 6.07) is 0. The maximum atomic E-state index is 5.17. The van der Waals surface area contributed by atoms with Crippen LogP contribution in [0.4, 0.5) is 0 Å². The molecule has 2 heterocycles. The van der Waals surface area contributed by atoms with Crippen molar-refractivity contribution in [1.82, 2.24) is 15.8 Å². The zero-order chi connectivity index (χ0) is 7.84. The first kappa shape index (κ1) is 6.27. The molecule has 1 aliphatic rings. The Bertz CT molecular complexity index is 354. The molecular formula is C7H9N3O. The van der Waals surface area contributed by atoms with Crippen molar-refractivity contribution in [3.05, 3.63) is 17.2 Å². The van der Waals surface area contributed by atoms with Crippen molar-refractivity contribution in [2.24, 2.45) is 0 Å². The van der Waals surface area contributed by atoms with Crippen LogP contribution in [0.5, 0.6) is 0 Å². The standard InChI is InChI=1S/C7H9N3O/c1-4-6-7(11-3-8-6)5(2)10-9-4/h3,9-10H,1-2H3. The van der Waals surface area contributed by atoms with Crippen molar-refractivity contribution in [2.75, 3.05) is 0 Å². The first-order valence-electron chi connectivity index (χ1n) is 3.42. The van der Waals surface area contributed by atoms with E-state index >= 15 is 0 Å². The normalized spacial score (nSPS) is 15.5. The van der Waals surface area contributed by atoms with Crippen molar-refractivity contribution in [1.29, 1.82) is 0 Å². The highest BCUT2D eigenvalue weighted by Crippen LogP contribution is 1.87. The van der Waals surface area contributed by atoms with Crippen LogP contribution in [0.15, 0.2) is 10.8 Å². The van der Waals surface area contributed by atoms with Crippen LogP contribution in [-0.2, 0) is 0 Å². The van der Waals surface area contributed by atoms with E-state index in [1.54, 1.807) is 0 Å². The summed E-state index contributed by atoms with van der Waals surface area (Å²) in [5.41, 5.74) is 8.72. The van der Waals surface area contributed by atoms with Crippen molar-refractivity contribution in [3.63, 3.8) is 0 Å². The molecule has 58 valence electrons. The minimum atomic E-state index is 0.821. The lowest BCUT2D eigenvalue weighted by atomic mass is 10.3. The van der Waals surface area contributed by atoms with Gasteiger partial charge in [-0.05, 0) is 13.8 Å². The minimum absolute atomic E-state index is 0.821. The second-order valence-corrected chi connectivity index (χ2v) is 2.53. The molecule has 0 saturated heterocycles. The summed E-state index contributed by atoms with van der Waals surface area (Å²) >= 11 is 0. The van der Waals surface area contributed by atoms with Gasteiger partial charge in [0.2, 0.25) is 0 Å². The summed E-state index contributed by atoms with van der Waals surface area (Å²) in [6.07, 6.45) is 1.45. The molecule has 0 aliphatic carbocycles. The second kappa shape index (κ2) is 2.02. The fraction of sp³-hybridized carbons (Fsp3) is 0.286. The highest BCUT2D eigenvalue weighted by Gasteiger charge is 2.05. The summed E-state index contributed by atoms with van der Waals surface area (Å²) in [7, 11) is 0. The molecule has 0 radical (unpaired) electrons. The zero-order valence-electron chi connectivity index (χ0n) is 6.43. The Morgan fingerprint density at radius 3 is 2.73 bits per heavy atom. The quantitative estimate of drug-likeness (QED) is 0.501. The first-order chi connectivity index (χ1) is 5.29. The van der Waals surface area contributed by atoms with E-state index in [1.807, 2.05) is 13.8 Å². The van der Waals surface area contributed by atoms with Gasteiger partial charge in [0.25, 0.3) is 0 Å². The maximum Gasteiger partial charge on any atom is 0.182 e. The number of fused-ring (bicyclic) bond motifs is 1. The number of aromatic nitrogens is 1. The van der Waals surface area contributed by atoms with Crippen LogP contribution in [0.3, 0.4) is 0 Å². The van der Waals surface area contributed by atoms with E-state index < -0.39 is 0 Å². The highest BCUT2D eigenvalue weighted by molar-refractivity contribution is 5.47. The molecular weight excluding hydrogens is 142 g/mol. The molecule has 1 aromatic heterocycles. The molecule has 1 aliphatic heterocycles. The van der Waals surface area contributed by atoms with E-state index in [0.717, 1.165) is 22.2 Å². The number of hydrogen-bond donors (Lipinski definition) is 2. The van der Waals surface area contributed by atoms with Crippen LogP contribution < -0.4 is 21.6 Å². The lowest BCUT2D eigenvalue weighted by Gasteiger charge is -2.11. The average Bonchev–Trinajstić information content (AvgIpc) is 2.45. The summed E-state index contributed by atoms with van der Waals surface area (Å²) in [4.78, 5) is 4.06. The molecule has 0 amide bonds. The topological polar surface area (TPSA) is 50.1 Å². The number of nitrogens with zero attached hydrogens (tertiary/aromatic N) is 1. The minimum Gasteiger partial charge on any atom is -0.442 e. The van der Waals surface area contributed by atoms with Gasteiger partial charge in [0.05, 0.1) is 11.4 Å². The fourth-order valence-corrected chi connectivity index (χ4v) is 1.08. The van der Waals surface area contributed by atoms with Crippen LogP contribution in [0.25, 0.3) is 11.4 Å². The Kier molecular flexibility index (Phi) is 1.15. The molecule has 0 unspecified atom stereocenters. The van der Waals surface area contributed by atoms with Crippen molar-refractivity contribution in [2.45, 2.75) is 13.8 Å². The summed E-state index contributed by atoms with van der Waals surface area (Å²) < 4.78 is 5.17. The fourth-order valence-electron chi connectivity index (χ4n) is 1.08. The third-order valence-corrected chi connectivity index (χ3v) is 1.70. The molecule has 0 aromatic carbocycles. The summed E-state index contributed by atoms with van der Waals surface area (Å²) in [6.45, 7) is 3.88. The van der Waals surface area contributed by atoms with Gasteiger partial charge in [-0.3, -0.25) is 0 Å². The van der Waals surface area contributed by atoms with Gasteiger partial charge in [0.15, 0.2) is 11.8 Å². The lowest BCUT2D eigenvalue weighted by molar-refractivity contribution is 0.513. The van der Waals surface area contributed by atoms with Gasteiger partial charge >= 0.3 is 0 Å². The number of nitrogens with one attached hydrogen (secondary N) is 2. The molecule has 2 rings (SSSR count). The molecule has 4 nitrogen and oxygen atoms in total. The number of hydrazine groups is 1. The molecule has 2 N–H and O–H groups in total. The van der Waals surface area contributed by atoms with E-state index in [9.17, 15) is 0 Å². The number of rotatable bonds is 0. The Morgan fingerprint density at radius 1 is 1.27 bits per heavy atom. The third kappa shape index (κ3) is 0.790. The van der Waals surface area contributed by atoms with Crippen molar-refractivity contribution in [3.8, 4) is 0 Å². The highest BCUT2D eigenvalue weighted by atomic mass is 16.3. The van der Waals surface area contributed by atoms with Crippen molar-refractivity contribution < 1.29 is 4.42 Å². The molecule has 11 heavy (non-hydrogen) atoms. The Morgan fingerprint density at radius 2 is 2.00 bits per heavy atom. The van der Waals surface area contributed by atoms with Crippen LogP contribution in [0.1, 0.15) is 13.8 Å². The zero-order valence-corrected chi connectivity index (χ0v) is 6.43. The molecule has 1 aromatic rings. The van der Waals surface area contributed by atoms with Gasteiger partial charge in [-0.2, -0.15) is 0 Å². The summed E-state index contributed by atoms with van der Waals surface area (Å²) in [5, 5.41) is 0.890. The van der Waals surface area contributed by atoms with Gasteiger partial charge < -0.3 is 15.3 Å². The van der Waals surface area contributed by atoms with E-state index in [-0.39, 0.29) is 0 Å². The number of oxazole rings is 1. The van der Waals surface area contributed by atoms with Gasteiger partial charge in [-0.25, -0.2) is 4.98 Å². The Balaban J connectivity index is 2.95. The van der Waals surface area contributed by atoms with Crippen LogP contribution >= 0.6 is 0 Å². The lowest BCUT2D eigenvalue weighted by Crippen LogP contribution is -2.44. The Hall–Kier alpha value is -1.45. The number of hydrogen-bond acceptors (Lipinski definition) is 4. The first-order valence-corrected chi connectivity index (χ1v) is 3.42. The van der Waals surface area contributed by atoms with E-state index in [4.69, 9.17) is 4.42 Å². The van der Waals surface area contributed by atoms with Crippen LogP contribution in [0, 0.1) is 0 Å². The predicted molar refractivity (Wildman–Crippen MR) is 40.2 cm³/mol. The third-order valence-electron chi connectivity index (χ3n) is 1.70. The average molecular weight is 151 g/mol. The van der Waals surface area contributed by atoms with E-state index in [0.29, 0.717) is 0 Å². The van der Waals surface area contributed by atoms with Gasteiger partial charge in [-0.15, -0.1) is 0 Å². The van der Waals surface area contributed by atoms with Gasteiger partial charge in [-0.1, -0.05) is 0 Å².